The lowest BCUT2D eigenvalue weighted by Crippen LogP contribution is -3.00. The molecular formula is C18H35ClN2O. The molecule has 1 heterocycles. The van der Waals surface area contributed by atoms with Crippen LogP contribution in [0.15, 0.2) is 12.4 Å². The molecule has 0 amide bonds. The Kier molecular flexibility index (Phi) is 15.0. The first kappa shape index (κ1) is 21.5. The van der Waals surface area contributed by atoms with Crippen LogP contribution in [-0.4, -0.2) is 16.7 Å². The maximum Gasteiger partial charge on any atom is 0.254 e. The molecule has 4 heteroatoms. The van der Waals surface area contributed by atoms with Crippen molar-refractivity contribution in [2.45, 2.75) is 90.5 Å². The van der Waals surface area contributed by atoms with E-state index < -0.39 is 0 Å². The van der Waals surface area contributed by atoms with Gasteiger partial charge in [-0.15, -0.1) is 0 Å². The third-order valence-electron chi connectivity index (χ3n) is 4.21. The van der Waals surface area contributed by atoms with Crippen molar-refractivity contribution in [3.63, 3.8) is 0 Å². The Labute approximate surface area is 142 Å². The summed E-state index contributed by atoms with van der Waals surface area (Å²) >= 11 is 0. The second kappa shape index (κ2) is 15.4. The van der Waals surface area contributed by atoms with E-state index >= 15 is 0 Å². The number of aromatic amines is 1. The van der Waals surface area contributed by atoms with Crippen LogP contribution in [0.2, 0.25) is 0 Å². The Morgan fingerprint density at radius 3 is 2.00 bits per heavy atom. The van der Waals surface area contributed by atoms with E-state index in [2.05, 4.69) is 16.5 Å². The fourth-order valence-electron chi connectivity index (χ4n) is 2.89. The summed E-state index contributed by atoms with van der Waals surface area (Å²) in [6.45, 7) is 3.20. The van der Waals surface area contributed by atoms with E-state index in [-0.39, 0.29) is 19.0 Å². The van der Waals surface area contributed by atoms with Gasteiger partial charge in [-0.05, 0) is 6.42 Å². The molecule has 2 N–H and O–H groups in total. The SMILES string of the molecule is CCCCCCCCCCCCCc1[nH]cc[n+]1CCO.[Cl-]. The quantitative estimate of drug-likeness (QED) is 0.390. The predicted octanol–water partition coefficient (Wildman–Crippen LogP) is 1.15. The number of unbranched alkanes of at least 4 members (excludes halogenated alkanes) is 10. The van der Waals surface area contributed by atoms with Gasteiger partial charge < -0.3 is 17.5 Å². The predicted molar refractivity (Wildman–Crippen MR) is 88.2 cm³/mol. The smallest absolute Gasteiger partial charge is 0.254 e. The molecule has 1 aromatic heterocycles. The van der Waals surface area contributed by atoms with Crippen molar-refractivity contribution in [2.24, 2.45) is 0 Å². The van der Waals surface area contributed by atoms with Crippen molar-refractivity contribution in [1.82, 2.24) is 4.98 Å². The van der Waals surface area contributed by atoms with Crippen LogP contribution >= 0.6 is 0 Å². The molecule has 0 aromatic carbocycles. The Morgan fingerprint density at radius 1 is 0.909 bits per heavy atom. The Hall–Kier alpha value is -0.540. The van der Waals surface area contributed by atoms with Crippen molar-refractivity contribution in [2.75, 3.05) is 6.61 Å². The number of aliphatic hydroxyl groups is 1. The normalized spacial score (nSPS) is 10.6. The number of nitrogens with zero attached hydrogens (tertiary/aromatic N) is 1. The van der Waals surface area contributed by atoms with Gasteiger partial charge in [0.25, 0.3) is 5.82 Å². The molecule has 3 nitrogen and oxygen atoms in total. The molecule has 0 aliphatic heterocycles. The van der Waals surface area contributed by atoms with Gasteiger partial charge in [0.2, 0.25) is 0 Å². The zero-order valence-corrected chi connectivity index (χ0v) is 15.1. The van der Waals surface area contributed by atoms with Gasteiger partial charge in [0.15, 0.2) is 0 Å². The first-order valence-corrected chi connectivity index (χ1v) is 9.05. The second-order valence-electron chi connectivity index (χ2n) is 6.11. The fourth-order valence-corrected chi connectivity index (χ4v) is 2.89. The number of halogens is 1. The molecule has 22 heavy (non-hydrogen) atoms. The Bertz CT molecular complexity index is 342. The lowest BCUT2D eigenvalue weighted by molar-refractivity contribution is -0.704. The van der Waals surface area contributed by atoms with E-state index in [9.17, 15) is 0 Å². The minimum absolute atomic E-state index is 0. The van der Waals surface area contributed by atoms with E-state index in [1.54, 1.807) is 0 Å². The van der Waals surface area contributed by atoms with E-state index in [0.717, 1.165) is 6.42 Å². The summed E-state index contributed by atoms with van der Waals surface area (Å²) in [7, 11) is 0. The van der Waals surface area contributed by atoms with Gasteiger partial charge in [0.1, 0.15) is 18.9 Å². The summed E-state index contributed by atoms with van der Waals surface area (Å²) in [6.07, 6.45) is 20.3. The highest BCUT2D eigenvalue weighted by Gasteiger charge is 2.08. The van der Waals surface area contributed by atoms with Gasteiger partial charge in [-0.25, -0.2) is 9.55 Å². The van der Waals surface area contributed by atoms with Crippen molar-refractivity contribution < 1.29 is 22.1 Å². The van der Waals surface area contributed by atoms with Crippen LogP contribution < -0.4 is 17.0 Å². The molecule has 1 aromatic rings. The molecule has 0 saturated heterocycles. The zero-order chi connectivity index (χ0) is 15.2. The number of H-pyrrole nitrogens is 1. The lowest BCUT2D eigenvalue weighted by atomic mass is 10.1. The number of rotatable bonds is 14. The van der Waals surface area contributed by atoms with E-state index in [0.29, 0.717) is 6.54 Å². The van der Waals surface area contributed by atoms with Crippen LogP contribution in [0.3, 0.4) is 0 Å². The van der Waals surface area contributed by atoms with Crippen LogP contribution in [0.5, 0.6) is 0 Å². The average molecular weight is 331 g/mol. The molecule has 0 fully saturated rings. The van der Waals surface area contributed by atoms with Crippen LogP contribution in [0.1, 0.15) is 83.4 Å². The van der Waals surface area contributed by atoms with Crippen LogP contribution in [0, 0.1) is 0 Å². The summed E-state index contributed by atoms with van der Waals surface area (Å²) in [6, 6.07) is 0. The lowest BCUT2D eigenvalue weighted by Gasteiger charge is -2.02. The molecule has 0 saturated carbocycles. The number of aliphatic hydroxyl groups excluding tert-OH is 1. The van der Waals surface area contributed by atoms with Gasteiger partial charge >= 0.3 is 0 Å². The van der Waals surface area contributed by atoms with Crippen molar-refractivity contribution >= 4 is 0 Å². The maximum atomic E-state index is 8.99. The summed E-state index contributed by atoms with van der Waals surface area (Å²) in [5.74, 6) is 1.25. The number of nitrogens with one attached hydrogen (secondary N) is 1. The minimum Gasteiger partial charge on any atom is -1.00 e. The molecule has 0 atom stereocenters. The van der Waals surface area contributed by atoms with Crippen molar-refractivity contribution in [3.05, 3.63) is 18.2 Å². The first-order valence-electron chi connectivity index (χ1n) is 9.05. The summed E-state index contributed by atoms with van der Waals surface area (Å²) in [5.41, 5.74) is 0. The summed E-state index contributed by atoms with van der Waals surface area (Å²) in [4.78, 5) is 3.28. The molecule has 0 radical (unpaired) electrons. The number of imidazole rings is 1. The van der Waals surface area contributed by atoms with Gasteiger partial charge in [-0.3, -0.25) is 0 Å². The molecule has 0 aliphatic carbocycles. The average Bonchev–Trinajstić information content (AvgIpc) is 2.92. The standard InChI is InChI=1S/C18H34N2O.ClH/c1-2-3-4-5-6-7-8-9-10-11-12-13-18-19-14-15-20(18)16-17-21;/h14-15,21H,2-13,16-17H2,1H3;1H. The molecular weight excluding hydrogens is 296 g/mol. The van der Waals surface area contributed by atoms with Gasteiger partial charge in [0.05, 0.1) is 6.61 Å². The first-order chi connectivity index (χ1) is 10.4. The minimum atomic E-state index is 0. The third kappa shape index (κ3) is 10.2. The Balaban J connectivity index is 0.00000441. The largest absolute Gasteiger partial charge is 1.00 e. The number of hydrogen-bond donors (Lipinski definition) is 2. The van der Waals surface area contributed by atoms with Gasteiger partial charge in [-0.2, -0.15) is 0 Å². The van der Waals surface area contributed by atoms with E-state index in [1.165, 1.54) is 76.5 Å². The second-order valence-corrected chi connectivity index (χ2v) is 6.11. The molecule has 1 rings (SSSR count). The van der Waals surface area contributed by atoms with Gasteiger partial charge in [0, 0.05) is 6.42 Å². The van der Waals surface area contributed by atoms with Crippen LogP contribution in [0.4, 0.5) is 0 Å². The third-order valence-corrected chi connectivity index (χ3v) is 4.21. The molecule has 0 aliphatic rings. The number of hydrogen-bond acceptors (Lipinski definition) is 1. The molecule has 0 bridgehead atoms. The van der Waals surface area contributed by atoms with Crippen molar-refractivity contribution in [3.8, 4) is 0 Å². The van der Waals surface area contributed by atoms with Crippen LogP contribution in [0.25, 0.3) is 0 Å². The molecule has 130 valence electrons. The highest BCUT2D eigenvalue weighted by Crippen LogP contribution is 2.11. The maximum absolute atomic E-state index is 8.99. The topological polar surface area (TPSA) is 39.9 Å². The zero-order valence-electron chi connectivity index (χ0n) is 14.3. The molecule has 0 unspecified atom stereocenters. The van der Waals surface area contributed by atoms with Crippen LogP contribution in [-0.2, 0) is 13.0 Å². The Morgan fingerprint density at radius 2 is 1.45 bits per heavy atom. The van der Waals surface area contributed by atoms with E-state index in [4.69, 9.17) is 5.11 Å². The number of aryl methyl sites for hydroxylation is 1. The summed E-state index contributed by atoms with van der Waals surface area (Å²) in [5, 5.41) is 8.99. The van der Waals surface area contributed by atoms with Gasteiger partial charge in [-0.1, -0.05) is 71.1 Å². The monoisotopic (exact) mass is 330 g/mol. The highest BCUT2D eigenvalue weighted by molar-refractivity contribution is 4.77. The van der Waals surface area contributed by atoms with E-state index in [1.807, 2.05) is 12.4 Å². The van der Waals surface area contributed by atoms with Crippen molar-refractivity contribution in [1.29, 1.82) is 0 Å². The molecule has 0 spiro atoms. The highest BCUT2D eigenvalue weighted by atomic mass is 35.5. The fraction of sp³-hybridized carbons (Fsp3) is 0.833. The number of aromatic nitrogens is 2. The summed E-state index contributed by atoms with van der Waals surface area (Å²) < 4.78 is 2.12.